The zero-order valence-electron chi connectivity index (χ0n) is 11.7. The van der Waals surface area contributed by atoms with Crippen molar-refractivity contribution in [3.8, 4) is 5.75 Å². The van der Waals surface area contributed by atoms with E-state index in [0.29, 0.717) is 23.3 Å². The van der Waals surface area contributed by atoms with Gasteiger partial charge in [0.05, 0.1) is 24.9 Å². The lowest BCUT2D eigenvalue weighted by Crippen LogP contribution is -2.26. The molecule has 1 heterocycles. The van der Waals surface area contributed by atoms with Gasteiger partial charge in [-0.2, -0.15) is 0 Å². The highest BCUT2D eigenvalue weighted by atomic mass is 16.5. The van der Waals surface area contributed by atoms with Crippen molar-refractivity contribution in [3.63, 3.8) is 0 Å². The lowest BCUT2D eigenvalue weighted by molar-refractivity contribution is -0.110. The maximum atomic E-state index is 12.5. The molecular formula is C16H16O4. The van der Waals surface area contributed by atoms with Gasteiger partial charge in [-0.15, -0.1) is 0 Å². The summed E-state index contributed by atoms with van der Waals surface area (Å²) in [5, 5.41) is 0.963. The average molecular weight is 272 g/mol. The van der Waals surface area contributed by atoms with Crippen LogP contribution < -0.4 is 4.74 Å². The number of rotatable bonds is 2. The lowest BCUT2D eigenvalue weighted by atomic mass is 9.76. The molecule has 0 N–H and O–H groups in total. The summed E-state index contributed by atoms with van der Waals surface area (Å²) in [6.07, 6.45) is 2.95. The summed E-state index contributed by atoms with van der Waals surface area (Å²) in [5.41, 5.74) is 3.04. The van der Waals surface area contributed by atoms with Crippen LogP contribution in [0.4, 0.5) is 0 Å². The van der Waals surface area contributed by atoms with Gasteiger partial charge in [0.15, 0.2) is 17.1 Å². The van der Waals surface area contributed by atoms with E-state index < -0.39 is 5.92 Å². The molecule has 0 saturated carbocycles. The maximum Gasteiger partial charge on any atom is 0.177 e. The predicted octanol–water partition coefficient (Wildman–Crippen LogP) is 3.25. The molecule has 2 atom stereocenters. The van der Waals surface area contributed by atoms with Crippen molar-refractivity contribution in [2.45, 2.75) is 26.2 Å². The number of Topliss-reactive ketones (excluding diaryl/α,β-unsaturated/α-hetero) is 1. The van der Waals surface area contributed by atoms with Crippen LogP contribution in [0.1, 0.15) is 40.7 Å². The molecule has 2 aromatic rings. The van der Waals surface area contributed by atoms with E-state index in [9.17, 15) is 9.59 Å². The number of aryl methyl sites for hydroxylation is 1. The Balaban J connectivity index is 2.38. The normalized spacial score (nSPS) is 21.9. The molecule has 104 valence electrons. The quantitative estimate of drug-likeness (QED) is 0.622. The first kappa shape index (κ1) is 12.9. The van der Waals surface area contributed by atoms with Gasteiger partial charge in [-0.25, -0.2) is 0 Å². The topological polar surface area (TPSA) is 56.5 Å². The molecule has 0 saturated heterocycles. The van der Waals surface area contributed by atoms with Crippen molar-refractivity contribution in [3.05, 3.63) is 29.0 Å². The highest BCUT2D eigenvalue weighted by molar-refractivity contribution is 6.12. The number of carbonyl (C=O) groups is 2. The summed E-state index contributed by atoms with van der Waals surface area (Å²) >= 11 is 0. The van der Waals surface area contributed by atoms with E-state index in [1.165, 1.54) is 7.11 Å². The SMILES string of the molecule is COc1c2c(cc3c(C)coc13)C(C)CC(C=O)C2=O. The second-order valence-electron chi connectivity index (χ2n) is 5.41. The van der Waals surface area contributed by atoms with Crippen molar-refractivity contribution < 1.29 is 18.7 Å². The first-order valence-electron chi connectivity index (χ1n) is 6.66. The molecule has 0 radical (unpaired) electrons. The molecule has 3 rings (SSSR count). The smallest absolute Gasteiger partial charge is 0.177 e. The molecule has 4 nitrogen and oxygen atoms in total. The van der Waals surface area contributed by atoms with Crippen LogP contribution in [0.5, 0.6) is 5.75 Å². The monoisotopic (exact) mass is 272 g/mol. The molecule has 1 aromatic carbocycles. The standard InChI is InChI=1S/C16H16O4/c1-8-4-10(6-17)14(18)13-11(8)5-12-9(2)7-20-15(12)16(13)19-3/h5-8,10H,4H2,1-3H3. The zero-order valence-corrected chi connectivity index (χ0v) is 11.7. The van der Waals surface area contributed by atoms with Crippen molar-refractivity contribution in [1.82, 2.24) is 0 Å². The Bertz CT molecular complexity index is 711. The lowest BCUT2D eigenvalue weighted by Gasteiger charge is -2.26. The number of ketones is 1. The fraction of sp³-hybridized carbons (Fsp3) is 0.375. The number of ether oxygens (including phenoxy) is 1. The van der Waals surface area contributed by atoms with Crippen LogP contribution in [-0.4, -0.2) is 19.2 Å². The van der Waals surface area contributed by atoms with Crippen LogP contribution in [0.25, 0.3) is 11.0 Å². The highest BCUT2D eigenvalue weighted by Gasteiger charge is 2.35. The number of hydrogen-bond donors (Lipinski definition) is 0. The molecule has 0 bridgehead atoms. The summed E-state index contributed by atoms with van der Waals surface area (Å²) in [5.74, 6) is -0.152. The van der Waals surface area contributed by atoms with E-state index >= 15 is 0 Å². The molecule has 20 heavy (non-hydrogen) atoms. The summed E-state index contributed by atoms with van der Waals surface area (Å²) in [6, 6.07) is 2.00. The molecular weight excluding hydrogens is 256 g/mol. The van der Waals surface area contributed by atoms with Crippen LogP contribution in [0.3, 0.4) is 0 Å². The molecule has 0 amide bonds. The van der Waals surface area contributed by atoms with E-state index in [0.717, 1.165) is 22.8 Å². The number of aldehydes is 1. The van der Waals surface area contributed by atoms with E-state index in [1.54, 1.807) is 6.26 Å². The Hall–Kier alpha value is -2.10. The molecule has 0 aliphatic heterocycles. The third-order valence-electron chi connectivity index (χ3n) is 4.13. The number of methoxy groups -OCH3 is 1. The first-order valence-corrected chi connectivity index (χ1v) is 6.66. The summed E-state index contributed by atoms with van der Waals surface area (Å²) < 4.78 is 10.9. The Morgan fingerprint density at radius 3 is 2.85 bits per heavy atom. The van der Waals surface area contributed by atoms with Gasteiger partial charge in [0.2, 0.25) is 0 Å². The Morgan fingerprint density at radius 1 is 1.45 bits per heavy atom. The second-order valence-corrected chi connectivity index (χ2v) is 5.41. The van der Waals surface area contributed by atoms with Crippen molar-refractivity contribution in [1.29, 1.82) is 0 Å². The zero-order chi connectivity index (χ0) is 14.4. The van der Waals surface area contributed by atoms with E-state index in [-0.39, 0.29) is 11.7 Å². The van der Waals surface area contributed by atoms with E-state index in [1.807, 2.05) is 19.9 Å². The van der Waals surface area contributed by atoms with Crippen LogP contribution in [0.15, 0.2) is 16.7 Å². The van der Waals surface area contributed by atoms with Gasteiger partial charge in [0, 0.05) is 5.39 Å². The third kappa shape index (κ3) is 1.60. The molecule has 4 heteroatoms. The molecule has 1 aliphatic rings. The number of hydrogen-bond acceptors (Lipinski definition) is 4. The molecule has 2 unspecified atom stereocenters. The number of fused-ring (bicyclic) bond motifs is 2. The average Bonchev–Trinajstić information content (AvgIpc) is 2.82. The summed E-state index contributed by atoms with van der Waals surface area (Å²) in [7, 11) is 1.52. The summed E-state index contributed by atoms with van der Waals surface area (Å²) in [4.78, 5) is 23.6. The molecule has 0 spiro atoms. The fourth-order valence-electron chi connectivity index (χ4n) is 3.04. The third-order valence-corrected chi connectivity index (χ3v) is 4.13. The van der Waals surface area contributed by atoms with E-state index in [4.69, 9.17) is 9.15 Å². The Morgan fingerprint density at radius 2 is 2.20 bits per heavy atom. The van der Waals surface area contributed by atoms with Crippen LogP contribution in [-0.2, 0) is 4.79 Å². The predicted molar refractivity (Wildman–Crippen MR) is 74.4 cm³/mol. The Kier molecular flexibility index (Phi) is 2.89. The number of carbonyl (C=O) groups excluding carboxylic acids is 2. The Labute approximate surface area is 116 Å². The van der Waals surface area contributed by atoms with E-state index in [2.05, 4.69) is 0 Å². The van der Waals surface area contributed by atoms with Crippen molar-refractivity contribution in [2.75, 3.05) is 7.11 Å². The van der Waals surface area contributed by atoms with Gasteiger partial charge in [-0.3, -0.25) is 4.79 Å². The van der Waals surface area contributed by atoms with Gasteiger partial charge >= 0.3 is 0 Å². The molecule has 1 aromatic heterocycles. The largest absolute Gasteiger partial charge is 0.492 e. The minimum Gasteiger partial charge on any atom is -0.492 e. The highest BCUT2D eigenvalue weighted by Crippen LogP contribution is 2.43. The van der Waals surface area contributed by atoms with Crippen LogP contribution in [0, 0.1) is 12.8 Å². The van der Waals surface area contributed by atoms with Gasteiger partial charge in [0.1, 0.15) is 6.29 Å². The summed E-state index contributed by atoms with van der Waals surface area (Å²) in [6.45, 7) is 3.99. The van der Waals surface area contributed by atoms with Gasteiger partial charge in [-0.05, 0) is 36.5 Å². The second kappa shape index (κ2) is 4.47. The van der Waals surface area contributed by atoms with Gasteiger partial charge in [0.25, 0.3) is 0 Å². The van der Waals surface area contributed by atoms with Crippen molar-refractivity contribution >= 4 is 23.0 Å². The minimum atomic E-state index is -0.583. The van der Waals surface area contributed by atoms with Gasteiger partial charge < -0.3 is 13.9 Å². The molecule has 1 aliphatic carbocycles. The van der Waals surface area contributed by atoms with Gasteiger partial charge in [-0.1, -0.05) is 6.92 Å². The maximum absolute atomic E-state index is 12.5. The number of furan rings is 1. The fourth-order valence-corrected chi connectivity index (χ4v) is 3.04. The van der Waals surface area contributed by atoms with Crippen LogP contribution >= 0.6 is 0 Å². The van der Waals surface area contributed by atoms with Crippen molar-refractivity contribution in [2.24, 2.45) is 5.92 Å². The van der Waals surface area contributed by atoms with Crippen LogP contribution in [0.2, 0.25) is 0 Å². The molecule has 0 fully saturated rings. The number of benzene rings is 1. The first-order chi connectivity index (χ1) is 9.58. The minimum absolute atomic E-state index is 0.144.